The first-order chi connectivity index (χ1) is 17.6. The Morgan fingerprint density at radius 3 is 2.51 bits per heavy atom. The molecule has 0 saturated heterocycles. The topological polar surface area (TPSA) is 100 Å². The van der Waals surface area contributed by atoms with Gasteiger partial charge in [0.15, 0.2) is 18.1 Å². The molecule has 0 aliphatic rings. The van der Waals surface area contributed by atoms with Gasteiger partial charge in [0.25, 0.3) is 11.8 Å². The molecule has 0 unspecified atom stereocenters. The Hall–Kier alpha value is -3.26. The molecule has 0 radical (unpaired) electrons. The Bertz CT molecular complexity index is 1430. The Morgan fingerprint density at radius 2 is 1.84 bits per heavy atom. The number of aryl methyl sites for hydroxylation is 1. The van der Waals surface area contributed by atoms with Crippen LogP contribution < -0.4 is 20.1 Å². The number of methoxy groups -OCH3 is 1. The van der Waals surface area contributed by atoms with Crippen molar-refractivity contribution in [1.29, 1.82) is 5.26 Å². The summed E-state index contributed by atoms with van der Waals surface area (Å²) in [5, 5.41) is 15.8. The molecule has 0 heterocycles. The van der Waals surface area contributed by atoms with E-state index in [-0.39, 0.29) is 12.2 Å². The lowest BCUT2D eigenvalue weighted by atomic mass is 10.1. The summed E-state index contributed by atoms with van der Waals surface area (Å²) in [6, 6.07) is 15.6. The maximum Gasteiger partial charge on any atom is 0.266 e. The summed E-state index contributed by atoms with van der Waals surface area (Å²) in [5.41, 5.74) is 3.55. The number of hydrogen-bond donors (Lipinski definition) is 2. The fourth-order valence-electron chi connectivity index (χ4n) is 3.26. The van der Waals surface area contributed by atoms with E-state index in [4.69, 9.17) is 32.7 Å². The van der Waals surface area contributed by atoms with Crippen molar-refractivity contribution in [2.24, 2.45) is 0 Å². The number of nitrogens with zero attached hydrogens (tertiary/aromatic N) is 1. The van der Waals surface area contributed by atoms with Gasteiger partial charge < -0.3 is 20.1 Å². The zero-order valence-corrected chi connectivity index (χ0v) is 23.8. The molecule has 0 saturated carbocycles. The third-order valence-corrected chi connectivity index (χ3v) is 6.87. The summed E-state index contributed by atoms with van der Waals surface area (Å²) in [6.45, 7) is 3.56. The standard InChI is InChI=1S/C27H22Cl2IN3O4/c1-15-5-4-6-23(16(15)2)33-27(35)18(13-31)9-17-10-22(30)26(24(11-17)36-3)37-14-25(34)32-19-7-8-20(28)21(29)12-19/h4-12H,14H2,1-3H3,(H,32,34)(H,33,35)/b18-9-. The van der Waals surface area contributed by atoms with Crippen LogP contribution in [0.4, 0.5) is 11.4 Å². The van der Waals surface area contributed by atoms with Crippen LogP contribution in [0.1, 0.15) is 16.7 Å². The molecule has 0 fully saturated rings. The van der Waals surface area contributed by atoms with Crippen LogP contribution in [-0.2, 0) is 9.59 Å². The molecule has 2 amide bonds. The van der Waals surface area contributed by atoms with Gasteiger partial charge in [-0.15, -0.1) is 0 Å². The highest BCUT2D eigenvalue weighted by atomic mass is 127. The van der Waals surface area contributed by atoms with Gasteiger partial charge in [0.05, 0.1) is 20.7 Å². The zero-order valence-electron chi connectivity index (χ0n) is 20.1. The molecule has 0 aliphatic carbocycles. The fraction of sp³-hybridized carbons (Fsp3) is 0.148. The largest absolute Gasteiger partial charge is 0.493 e. The molecular formula is C27H22Cl2IN3O4. The molecule has 10 heteroatoms. The SMILES string of the molecule is COc1cc(/C=C(/C#N)C(=O)Nc2cccc(C)c2C)cc(I)c1OCC(=O)Nc1ccc(Cl)c(Cl)c1. The molecule has 3 aromatic rings. The number of benzene rings is 3. The van der Waals surface area contributed by atoms with Gasteiger partial charge in [-0.25, -0.2) is 0 Å². The molecule has 7 nitrogen and oxygen atoms in total. The van der Waals surface area contributed by atoms with Crippen molar-refractivity contribution in [2.45, 2.75) is 13.8 Å². The van der Waals surface area contributed by atoms with Crippen molar-refractivity contribution in [1.82, 2.24) is 0 Å². The Morgan fingerprint density at radius 1 is 1.08 bits per heavy atom. The normalized spacial score (nSPS) is 10.9. The van der Waals surface area contributed by atoms with Gasteiger partial charge in [-0.2, -0.15) is 5.26 Å². The molecule has 190 valence electrons. The quantitative estimate of drug-likeness (QED) is 0.159. The Balaban J connectivity index is 1.75. The molecule has 3 rings (SSSR count). The maximum atomic E-state index is 12.8. The van der Waals surface area contributed by atoms with E-state index in [9.17, 15) is 14.9 Å². The van der Waals surface area contributed by atoms with Crippen LogP contribution in [0, 0.1) is 28.7 Å². The number of nitrogens with one attached hydrogen (secondary N) is 2. The lowest BCUT2D eigenvalue weighted by Gasteiger charge is -2.14. The van der Waals surface area contributed by atoms with Gasteiger partial charge in [-0.05, 0) is 95.6 Å². The van der Waals surface area contributed by atoms with E-state index in [0.717, 1.165) is 11.1 Å². The van der Waals surface area contributed by atoms with Crippen molar-refractivity contribution < 1.29 is 19.1 Å². The van der Waals surface area contributed by atoms with E-state index >= 15 is 0 Å². The number of amides is 2. The van der Waals surface area contributed by atoms with Gasteiger partial charge in [-0.1, -0.05) is 35.3 Å². The molecule has 0 aliphatic heterocycles. The van der Waals surface area contributed by atoms with Crippen LogP contribution in [0.5, 0.6) is 11.5 Å². The number of nitriles is 1. The van der Waals surface area contributed by atoms with Crippen LogP contribution in [0.25, 0.3) is 6.08 Å². The van der Waals surface area contributed by atoms with Gasteiger partial charge >= 0.3 is 0 Å². The minimum Gasteiger partial charge on any atom is -0.493 e. The zero-order chi connectivity index (χ0) is 27.1. The van der Waals surface area contributed by atoms with Crippen molar-refractivity contribution >= 4 is 75.1 Å². The summed E-state index contributed by atoms with van der Waals surface area (Å²) in [4.78, 5) is 25.1. The van der Waals surface area contributed by atoms with Crippen LogP contribution in [0.2, 0.25) is 10.0 Å². The van der Waals surface area contributed by atoms with Gasteiger partial charge in [0.2, 0.25) is 0 Å². The van der Waals surface area contributed by atoms with Crippen molar-refractivity contribution in [2.75, 3.05) is 24.4 Å². The monoisotopic (exact) mass is 649 g/mol. The van der Waals surface area contributed by atoms with Crippen molar-refractivity contribution in [3.8, 4) is 17.6 Å². The smallest absolute Gasteiger partial charge is 0.266 e. The summed E-state index contributed by atoms with van der Waals surface area (Å²) in [6.07, 6.45) is 1.46. The number of anilines is 2. The molecule has 0 bridgehead atoms. The highest BCUT2D eigenvalue weighted by molar-refractivity contribution is 14.1. The second-order valence-electron chi connectivity index (χ2n) is 7.87. The average molecular weight is 650 g/mol. The number of ether oxygens (including phenoxy) is 2. The molecule has 3 aromatic carbocycles. The van der Waals surface area contributed by atoms with Crippen LogP contribution >= 0.6 is 45.8 Å². The predicted molar refractivity (Wildman–Crippen MR) is 154 cm³/mol. The Kier molecular flexibility index (Phi) is 9.80. The number of carbonyl (C=O) groups excluding carboxylic acids is 2. The van der Waals surface area contributed by atoms with E-state index in [0.29, 0.717) is 42.1 Å². The number of hydrogen-bond acceptors (Lipinski definition) is 5. The summed E-state index contributed by atoms with van der Waals surface area (Å²) in [5.74, 6) is -0.241. The molecule has 0 spiro atoms. The van der Waals surface area contributed by atoms with E-state index < -0.39 is 11.8 Å². The van der Waals surface area contributed by atoms with Crippen molar-refractivity contribution in [3.05, 3.63) is 84.4 Å². The molecule has 37 heavy (non-hydrogen) atoms. The second-order valence-corrected chi connectivity index (χ2v) is 9.85. The molecule has 0 atom stereocenters. The van der Waals surface area contributed by atoms with Crippen LogP contribution in [-0.4, -0.2) is 25.5 Å². The average Bonchev–Trinajstić information content (AvgIpc) is 2.86. The lowest BCUT2D eigenvalue weighted by molar-refractivity contribution is -0.118. The lowest BCUT2D eigenvalue weighted by Crippen LogP contribution is -2.20. The number of carbonyl (C=O) groups is 2. The first-order valence-electron chi connectivity index (χ1n) is 10.9. The van der Waals surface area contributed by atoms with Gasteiger partial charge in [-0.3, -0.25) is 9.59 Å². The number of rotatable bonds is 8. The second kappa shape index (κ2) is 12.8. The number of halogens is 3. The summed E-state index contributed by atoms with van der Waals surface area (Å²) in [7, 11) is 1.46. The van der Waals surface area contributed by atoms with Gasteiger partial charge in [0.1, 0.15) is 11.6 Å². The van der Waals surface area contributed by atoms with Crippen LogP contribution in [0.15, 0.2) is 54.1 Å². The highest BCUT2D eigenvalue weighted by Crippen LogP contribution is 2.35. The van der Waals surface area contributed by atoms with E-state index in [1.165, 1.54) is 19.3 Å². The maximum absolute atomic E-state index is 12.8. The molecule has 2 N–H and O–H groups in total. The summed E-state index contributed by atoms with van der Waals surface area (Å²) < 4.78 is 11.8. The Labute approximate surface area is 238 Å². The first-order valence-corrected chi connectivity index (χ1v) is 12.7. The van der Waals surface area contributed by atoms with E-state index in [1.54, 1.807) is 30.3 Å². The first kappa shape index (κ1) is 28.3. The van der Waals surface area contributed by atoms with E-state index in [2.05, 4.69) is 10.6 Å². The fourth-order valence-corrected chi connectivity index (χ4v) is 4.34. The molecule has 0 aromatic heterocycles. The highest BCUT2D eigenvalue weighted by Gasteiger charge is 2.16. The van der Waals surface area contributed by atoms with Crippen molar-refractivity contribution in [3.63, 3.8) is 0 Å². The van der Waals surface area contributed by atoms with Gasteiger partial charge in [0, 0.05) is 11.4 Å². The summed E-state index contributed by atoms with van der Waals surface area (Å²) >= 11 is 13.9. The van der Waals surface area contributed by atoms with E-state index in [1.807, 2.05) is 54.6 Å². The minimum absolute atomic E-state index is 0.0755. The molecular weight excluding hydrogens is 628 g/mol. The predicted octanol–water partition coefficient (Wildman–Crippen LogP) is 6.79. The third kappa shape index (κ3) is 7.38. The van der Waals surface area contributed by atoms with Crippen LogP contribution in [0.3, 0.4) is 0 Å². The third-order valence-electron chi connectivity index (χ3n) is 5.33. The minimum atomic E-state index is -0.524.